The van der Waals surface area contributed by atoms with Crippen molar-refractivity contribution in [3.8, 4) is 0 Å². The largest absolute Gasteiger partial charge is 0.464 e. The summed E-state index contributed by atoms with van der Waals surface area (Å²) < 4.78 is 19.8. The normalized spacial score (nSPS) is 10.4. The molecule has 1 heterocycles. The van der Waals surface area contributed by atoms with Crippen LogP contribution in [0.3, 0.4) is 0 Å². The second kappa shape index (κ2) is 5.26. The lowest BCUT2D eigenvalue weighted by Gasteiger charge is -2.02. The molecule has 0 aliphatic heterocycles. The number of hydrogen-bond donors (Lipinski definition) is 0. The van der Waals surface area contributed by atoms with Crippen LogP contribution in [0.15, 0.2) is 28.9 Å². The first-order valence-corrected chi connectivity index (χ1v) is 5.81. The van der Waals surface area contributed by atoms with Gasteiger partial charge in [-0.3, -0.25) is 0 Å². The Labute approximate surface area is 111 Å². The van der Waals surface area contributed by atoms with Gasteiger partial charge in [0.25, 0.3) is 0 Å². The van der Waals surface area contributed by atoms with E-state index in [1.54, 1.807) is 6.07 Å². The highest BCUT2D eigenvalue weighted by Crippen LogP contribution is 2.15. The second-order valence-corrected chi connectivity index (χ2v) is 4.49. The van der Waals surface area contributed by atoms with Crippen molar-refractivity contribution >= 4 is 21.9 Å². The predicted octanol–water partition coefficient (Wildman–Crippen LogP) is 2.01. The molecular weight excluding hydrogens is 305 g/mol. The van der Waals surface area contributed by atoms with Gasteiger partial charge in [-0.25, -0.2) is 13.9 Å². The Kier molecular flexibility index (Phi) is 3.71. The van der Waals surface area contributed by atoms with Gasteiger partial charge in [-0.2, -0.15) is 0 Å². The molecule has 0 amide bonds. The lowest BCUT2D eigenvalue weighted by molar-refractivity contribution is 0.0594. The minimum atomic E-state index is -0.554. The van der Waals surface area contributed by atoms with Crippen molar-refractivity contribution in [1.29, 1.82) is 0 Å². The van der Waals surface area contributed by atoms with Gasteiger partial charge in [-0.15, -0.1) is 5.10 Å². The van der Waals surface area contributed by atoms with Crippen molar-refractivity contribution in [3.05, 3.63) is 45.9 Å². The summed E-state index contributed by atoms with van der Waals surface area (Å²) in [6.07, 6.45) is 1.45. The van der Waals surface area contributed by atoms with E-state index in [1.165, 1.54) is 30.1 Å². The van der Waals surface area contributed by atoms with Crippen molar-refractivity contribution in [2.24, 2.45) is 0 Å². The minimum Gasteiger partial charge on any atom is -0.464 e. The molecule has 0 saturated carbocycles. The maximum Gasteiger partial charge on any atom is 0.360 e. The van der Waals surface area contributed by atoms with Gasteiger partial charge in [0.15, 0.2) is 5.69 Å². The van der Waals surface area contributed by atoms with Gasteiger partial charge in [0.2, 0.25) is 0 Å². The van der Waals surface area contributed by atoms with Crippen LogP contribution in [0.2, 0.25) is 0 Å². The lowest BCUT2D eigenvalue weighted by Crippen LogP contribution is -2.02. The zero-order valence-electron chi connectivity index (χ0n) is 9.43. The molecule has 0 fully saturated rings. The van der Waals surface area contributed by atoms with E-state index in [1.807, 2.05) is 0 Å². The Morgan fingerprint density at radius 1 is 1.50 bits per heavy atom. The standard InChI is InChI=1S/C11H9BrFN3O2/c1-18-11(17)10-6-16(15-14-10)5-7-2-8(12)4-9(13)3-7/h2-4,6H,5H2,1H3. The SMILES string of the molecule is COC(=O)c1cn(Cc2cc(F)cc(Br)c2)nn1. The molecule has 7 heteroatoms. The van der Waals surface area contributed by atoms with Gasteiger partial charge in [0, 0.05) is 4.47 Å². The number of ether oxygens (including phenoxy) is 1. The van der Waals surface area contributed by atoms with E-state index in [0.29, 0.717) is 16.6 Å². The van der Waals surface area contributed by atoms with Gasteiger partial charge in [-0.1, -0.05) is 21.1 Å². The molecule has 0 radical (unpaired) electrons. The number of halogens is 2. The second-order valence-electron chi connectivity index (χ2n) is 3.57. The Balaban J connectivity index is 2.18. The van der Waals surface area contributed by atoms with Crippen LogP contribution < -0.4 is 0 Å². The van der Waals surface area contributed by atoms with Crippen LogP contribution in [0.5, 0.6) is 0 Å². The third-order valence-electron chi connectivity index (χ3n) is 2.20. The van der Waals surface area contributed by atoms with Crippen LogP contribution in [0.4, 0.5) is 4.39 Å². The molecule has 1 aromatic heterocycles. The quantitative estimate of drug-likeness (QED) is 0.813. The third kappa shape index (κ3) is 2.92. The molecule has 0 unspecified atom stereocenters. The third-order valence-corrected chi connectivity index (χ3v) is 2.66. The average Bonchev–Trinajstić information content (AvgIpc) is 2.75. The number of rotatable bonds is 3. The highest BCUT2D eigenvalue weighted by Gasteiger charge is 2.10. The molecule has 5 nitrogen and oxygen atoms in total. The van der Waals surface area contributed by atoms with Crippen molar-refractivity contribution < 1.29 is 13.9 Å². The first-order chi connectivity index (χ1) is 8.58. The molecule has 0 aliphatic carbocycles. The van der Waals surface area contributed by atoms with E-state index in [9.17, 15) is 9.18 Å². The number of nitrogens with zero attached hydrogens (tertiary/aromatic N) is 3. The van der Waals surface area contributed by atoms with Crippen molar-refractivity contribution in [3.63, 3.8) is 0 Å². The molecule has 94 valence electrons. The van der Waals surface area contributed by atoms with E-state index >= 15 is 0 Å². The molecule has 0 N–H and O–H groups in total. The number of carbonyl (C=O) groups excluding carboxylic acids is 1. The van der Waals surface area contributed by atoms with Crippen LogP contribution in [-0.4, -0.2) is 28.1 Å². The zero-order chi connectivity index (χ0) is 13.1. The summed E-state index contributed by atoms with van der Waals surface area (Å²) in [5, 5.41) is 7.43. The number of hydrogen-bond acceptors (Lipinski definition) is 4. The fourth-order valence-corrected chi connectivity index (χ4v) is 1.98. The highest BCUT2D eigenvalue weighted by atomic mass is 79.9. The fraction of sp³-hybridized carbons (Fsp3) is 0.182. The fourth-order valence-electron chi connectivity index (χ4n) is 1.46. The summed E-state index contributed by atoms with van der Waals surface area (Å²) in [7, 11) is 1.27. The Hall–Kier alpha value is -1.76. The molecule has 18 heavy (non-hydrogen) atoms. The van der Waals surface area contributed by atoms with E-state index in [-0.39, 0.29) is 11.5 Å². The molecule has 0 spiro atoms. The first-order valence-electron chi connectivity index (χ1n) is 5.02. The zero-order valence-corrected chi connectivity index (χ0v) is 11.0. The molecular formula is C11H9BrFN3O2. The van der Waals surface area contributed by atoms with Crippen LogP contribution in [0.25, 0.3) is 0 Å². The average molecular weight is 314 g/mol. The summed E-state index contributed by atoms with van der Waals surface area (Å²) in [6.45, 7) is 0.320. The molecule has 1 aromatic carbocycles. The van der Waals surface area contributed by atoms with Crippen molar-refractivity contribution in [1.82, 2.24) is 15.0 Å². The van der Waals surface area contributed by atoms with E-state index in [0.717, 1.165) is 0 Å². The molecule has 2 rings (SSSR count). The maximum atomic E-state index is 13.2. The first kappa shape index (κ1) is 12.7. The maximum absolute atomic E-state index is 13.2. The summed E-state index contributed by atoms with van der Waals surface area (Å²) >= 11 is 3.21. The van der Waals surface area contributed by atoms with E-state index in [4.69, 9.17) is 0 Å². The lowest BCUT2D eigenvalue weighted by atomic mass is 10.2. The smallest absolute Gasteiger partial charge is 0.360 e. The molecule has 0 aliphatic rings. The topological polar surface area (TPSA) is 57.0 Å². The molecule has 2 aromatic rings. The van der Waals surface area contributed by atoms with Gasteiger partial charge in [-0.05, 0) is 23.8 Å². The van der Waals surface area contributed by atoms with Gasteiger partial charge in [0.1, 0.15) is 5.82 Å². The summed E-state index contributed by atoms with van der Waals surface area (Å²) in [4.78, 5) is 11.2. The number of benzene rings is 1. The number of esters is 1. The number of carbonyl (C=O) groups is 1. The Bertz CT molecular complexity index is 565. The van der Waals surface area contributed by atoms with Crippen molar-refractivity contribution in [2.45, 2.75) is 6.54 Å². The van der Waals surface area contributed by atoms with Crippen LogP contribution in [0, 0.1) is 5.82 Å². The van der Waals surface area contributed by atoms with E-state index < -0.39 is 5.97 Å². The van der Waals surface area contributed by atoms with E-state index in [2.05, 4.69) is 31.0 Å². The number of aromatic nitrogens is 3. The molecule has 0 saturated heterocycles. The molecule has 0 bridgehead atoms. The molecule has 0 atom stereocenters. The van der Waals surface area contributed by atoms with Crippen LogP contribution in [-0.2, 0) is 11.3 Å². The van der Waals surface area contributed by atoms with Gasteiger partial charge in [0.05, 0.1) is 19.9 Å². The monoisotopic (exact) mass is 313 g/mol. The Morgan fingerprint density at radius 3 is 2.94 bits per heavy atom. The summed E-state index contributed by atoms with van der Waals surface area (Å²) in [5.41, 5.74) is 0.830. The minimum absolute atomic E-state index is 0.118. The van der Waals surface area contributed by atoms with Gasteiger partial charge >= 0.3 is 5.97 Å². The highest BCUT2D eigenvalue weighted by molar-refractivity contribution is 9.10. The van der Waals surface area contributed by atoms with Crippen LogP contribution in [0.1, 0.15) is 16.1 Å². The number of methoxy groups -OCH3 is 1. The predicted molar refractivity (Wildman–Crippen MR) is 64.6 cm³/mol. The Morgan fingerprint density at radius 2 is 2.28 bits per heavy atom. The van der Waals surface area contributed by atoms with Gasteiger partial charge < -0.3 is 4.74 Å². The van der Waals surface area contributed by atoms with Crippen LogP contribution >= 0.6 is 15.9 Å². The summed E-state index contributed by atoms with van der Waals surface area (Å²) in [6, 6.07) is 4.53. The van der Waals surface area contributed by atoms with Crippen molar-refractivity contribution in [2.75, 3.05) is 7.11 Å². The summed E-state index contributed by atoms with van der Waals surface area (Å²) in [5.74, 6) is -0.894.